The number of rotatable bonds is 6. The third-order valence-electron chi connectivity index (χ3n) is 4.22. The van der Waals surface area contributed by atoms with Gasteiger partial charge in [-0.05, 0) is 33.6 Å². The summed E-state index contributed by atoms with van der Waals surface area (Å²) in [5.74, 6) is -0.644. The van der Waals surface area contributed by atoms with E-state index in [1.807, 2.05) is 13.8 Å². The summed E-state index contributed by atoms with van der Waals surface area (Å²) in [5.41, 5.74) is -0.653. The van der Waals surface area contributed by atoms with E-state index in [-0.39, 0.29) is 17.7 Å². The lowest BCUT2D eigenvalue weighted by Gasteiger charge is -2.31. The van der Waals surface area contributed by atoms with Crippen LogP contribution in [0.5, 0.6) is 0 Å². The molecule has 2 N–H and O–H groups in total. The van der Waals surface area contributed by atoms with Gasteiger partial charge in [-0.1, -0.05) is 20.3 Å². The second-order valence-electron chi connectivity index (χ2n) is 7.68. The highest BCUT2D eigenvalue weighted by molar-refractivity contribution is 5.91. The lowest BCUT2D eigenvalue weighted by Crippen LogP contribution is -2.56. The van der Waals surface area contributed by atoms with Crippen LogP contribution >= 0.6 is 0 Å². The van der Waals surface area contributed by atoms with E-state index in [4.69, 9.17) is 9.47 Å². The van der Waals surface area contributed by atoms with Crippen LogP contribution < -0.4 is 10.6 Å². The standard InChI is InChI=1S/C18H33N3O5/c1-7-12(2)14(20-17(24)26-18(4,5)6)15(22)19-13(3)16(23)21-8-10-25-11-9-21/h12-14H,7-11H2,1-6H3,(H,19,22)(H,20,24)/t12-,13?,14?/m0/s1. The number of amides is 3. The summed E-state index contributed by atoms with van der Waals surface area (Å²) >= 11 is 0. The molecular formula is C18H33N3O5. The lowest BCUT2D eigenvalue weighted by molar-refractivity contribution is -0.140. The Morgan fingerprint density at radius 2 is 1.69 bits per heavy atom. The van der Waals surface area contributed by atoms with Crippen molar-refractivity contribution in [3.63, 3.8) is 0 Å². The fourth-order valence-electron chi connectivity index (χ4n) is 2.56. The molecule has 0 aromatic rings. The lowest BCUT2D eigenvalue weighted by atomic mass is 9.98. The van der Waals surface area contributed by atoms with Gasteiger partial charge in [0, 0.05) is 13.1 Å². The largest absolute Gasteiger partial charge is 0.444 e. The van der Waals surface area contributed by atoms with E-state index < -0.39 is 23.8 Å². The molecule has 3 amide bonds. The number of carbonyl (C=O) groups excluding carboxylic acids is 3. The third kappa shape index (κ3) is 7.19. The molecule has 1 aliphatic heterocycles. The second-order valence-corrected chi connectivity index (χ2v) is 7.68. The van der Waals surface area contributed by atoms with Crippen LogP contribution in [-0.2, 0) is 19.1 Å². The number of ether oxygens (including phenoxy) is 2. The van der Waals surface area contributed by atoms with Crippen LogP contribution in [0.3, 0.4) is 0 Å². The van der Waals surface area contributed by atoms with Gasteiger partial charge < -0.3 is 25.0 Å². The van der Waals surface area contributed by atoms with Gasteiger partial charge in [0.05, 0.1) is 13.2 Å². The van der Waals surface area contributed by atoms with Crippen LogP contribution in [0.25, 0.3) is 0 Å². The molecule has 26 heavy (non-hydrogen) atoms. The average Bonchev–Trinajstić information content (AvgIpc) is 2.57. The molecule has 0 radical (unpaired) electrons. The monoisotopic (exact) mass is 371 g/mol. The fourth-order valence-corrected chi connectivity index (χ4v) is 2.56. The summed E-state index contributed by atoms with van der Waals surface area (Å²) in [6, 6.07) is -1.44. The highest BCUT2D eigenvalue weighted by Gasteiger charge is 2.31. The van der Waals surface area contributed by atoms with Crippen LogP contribution in [0.2, 0.25) is 0 Å². The van der Waals surface area contributed by atoms with Crippen LogP contribution in [0.4, 0.5) is 4.79 Å². The van der Waals surface area contributed by atoms with Gasteiger partial charge in [0.1, 0.15) is 17.7 Å². The van der Waals surface area contributed by atoms with Gasteiger partial charge in [0.25, 0.3) is 0 Å². The normalized spacial score (nSPS) is 18.5. The van der Waals surface area contributed by atoms with Crippen molar-refractivity contribution < 1.29 is 23.9 Å². The maximum Gasteiger partial charge on any atom is 0.408 e. The minimum Gasteiger partial charge on any atom is -0.444 e. The molecule has 0 aromatic heterocycles. The Kier molecular flexibility index (Phi) is 8.33. The van der Waals surface area contributed by atoms with Gasteiger partial charge in [0.15, 0.2) is 0 Å². The van der Waals surface area contributed by atoms with E-state index in [1.165, 1.54) is 0 Å². The Morgan fingerprint density at radius 3 is 2.19 bits per heavy atom. The Bertz CT molecular complexity index is 498. The molecule has 8 nitrogen and oxygen atoms in total. The van der Waals surface area contributed by atoms with Crippen molar-refractivity contribution in [2.24, 2.45) is 5.92 Å². The molecule has 150 valence electrons. The van der Waals surface area contributed by atoms with E-state index in [0.717, 1.165) is 0 Å². The number of nitrogens with one attached hydrogen (secondary N) is 2. The molecule has 0 aromatic carbocycles. The van der Waals surface area contributed by atoms with Crippen molar-refractivity contribution in [2.45, 2.75) is 65.6 Å². The zero-order valence-corrected chi connectivity index (χ0v) is 16.8. The summed E-state index contributed by atoms with van der Waals surface area (Å²) in [7, 11) is 0. The maximum absolute atomic E-state index is 12.7. The van der Waals surface area contributed by atoms with E-state index in [1.54, 1.807) is 32.6 Å². The number of morpholine rings is 1. The first-order valence-electron chi connectivity index (χ1n) is 9.21. The Hall–Kier alpha value is -1.83. The Morgan fingerprint density at radius 1 is 1.12 bits per heavy atom. The van der Waals surface area contributed by atoms with Crippen molar-refractivity contribution in [1.82, 2.24) is 15.5 Å². The predicted octanol–water partition coefficient (Wildman–Crippen LogP) is 1.29. The zero-order chi connectivity index (χ0) is 19.9. The summed E-state index contributed by atoms with van der Waals surface area (Å²) in [6.07, 6.45) is 0.0461. The van der Waals surface area contributed by atoms with Gasteiger partial charge in [-0.2, -0.15) is 0 Å². The third-order valence-corrected chi connectivity index (χ3v) is 4.22. The minimum absolute atomic E-state index is 0.104. The summed E-state index contributed by atoms with van der Waals surface area (Å²) in [5, 5.41) is 5.35. The smallest absolute Gasteiger partial charge is 0.408 e. The SMILES string of the molecule is CC[C@H](C)C(NC(=O)OC(C)(C)C)C(=O)NC(C)C(=O)N1CCOCC1. The van der Waals surface area contributed by atoms with Crippen molar-refractivity contribution in [3.8, 4) is 0 Å². The van der Waals surface area contributed by atoms with Crippen LogP contribution in [0.1, 0.15) is 48.0 Å². The summed E-state index contributed by atoms with van der Waals surface area (Å²) in [4.78, 5) is 38.8. The zero-order valence-electron chi connectivity index (χ0n) is 16.8. The van der Waals surface area contributed by atoms with Crippen LogP contribution in [-0.4, -0.2) is 66.8 Å². The van der Waals surface area contributed by atoms with E-state index in [2.05, 4.69) is 10.6 Å². The van der Waals surface area contributed by atoms with Crippen molar-refractivity contribution in [1.29, 1.82) is 0 Å². The van der Waals surface area contributed by atoms with Gasteiger partial charge >= 0.3 is 6.09 Å². The molecule has 3 atom stereocenters. The van der Waals surface area contributed by atoms with Crippen LogP contribution in [0.15, 0.2) is 0 Å². The maximum atomic E-state index is 12.7. The molecule has 0 spiro atoms. The molecule has 2 unspecified atom stereocenters. The van der Waals surface area contributed by atoms with E-state index in [9.17, 15) is 14.4 Å². The number of carbonyl (C=O) groups is 3. The molecule has 1 saturated heterocycles. The van der Waals surface area contributed by atoms with E-state index in [0.29, 0.717) is 32.7 Å². The quantitative estimate of drug-likeness (QED) is 0.733. The fraction of sp³-hybridized carbons (Fsp3) is 0.833. The number of nitrogens with zero attached hydrogens (tertiary/aromatic N) is 1. The van der Waals surface area contributed by atoms with Crippen molar-refractivity contribution in [3.05, 3.63) is 0 Å². The second kappa shape index (κ2) is 9.75. The Labute approximate surface area is 156 Å². The molecule has 1 heterocycles. The highest BCUT2D eigenvalue weighted by Crippen LogP contribution is 2.12. The van der Waals surface area contributed by atoms with Gasteiger partial charge in [0.2, 0.25) is 11.8 Å². The summed E-state index contributed by atoms with van der Waals surface area (Å²) < 4.78 is 10.5. The highest BCUT2D eigenvalue weighted by atomic mass is 16.6. The molecule has 1 fully saturated rings. The number of alkyl carbamates (subject to hydrolysis) is 1. The van der Waals surface area contributed by atoms with Gasteiger partial charge in [-0.3, -0.25) is 9.59 Å². The summed E-state index contributed by atoms with van der Waals surface area (Å²) in [6.45, 7) is 12.8. The number of hydrogen-bond donors (Lipinski definition) is 2. The first-order valence-corrected chi connectivity index (χ1v) is 9.21. The van der Waals surface area contributed by atoms with Crippen molar-refractivity contribution in [2.75, 3.05) is 26.3 Å². The molecular weight excluding hydrogens is 338 g/mol. The first kappa shape index (κ1) is 22.2. The van der Waals surface area contributed by atoms with Gasteiger partial charge in [-0.15, -0.1) is 0 Å². The first-order chi connectivity index (χ1) is 12.0. The molecule has 8 heteroatoms. The average molecular weight is 371 g/mol. The molecule has 1 aliphatic rings. The Balaban J connectivity index is 2.69. The predicted molar refractivity (Wildman–Crippen MR) is 97.6 cm³/mol. The molecule has 0 aliphatic carbocycles. The molecule has 0 saturated carbocycles. The van der Waals surface area contributed by atoms with Gasteiger partial charge in [-0.25, -0.2) is 4.79 Å². The minimum atomic E-state index is -0.769. The molecule has 0 bridgehead atoms. The van der Waals surface area contributed by atoms with Crippen molar-refractivity contribution >= 4 is 17.9 Å². The van der Waals surface area contributed by atoms with Crippen LogP contribution in [0, 0.1) is 5.92 Å². The van der Waals surface area contributed by atoms with E-state index >= 15 is 0 Å². The molecule has 1 rings (SSSR count). The topological polar surface area (TPSA) is 97.0 Å². The number of hydrogen-bond acceptors (Lipinski definition) is 5.